The fourth-order valence-corrected chi connectivity index (χ4v) is 6.15. The first-order valence-corrected chi connectivity index (χ1v) is 12.1. The summed E-state index contributed by atoms with van der Waals surface area (Å²) in [5.74, 6) is 2.46. The predicted octanol–water partition coefficient (Wildman–Crippen LogP) is 5.58. The number of carbonyl (C=O) groups excluding carboxylic acids is 1. The van der Waals surface area contributed by atoms with Crippen molar-refractivity contribution in [2.24, 2.45) is 11.8 Å². The minimum atomic E-state index is 0.261. The zero-order valence-corrected chi connectivity index (χ0v) is 18.6. The zero-order valence-electron chi connectivity index (χ0n) is 18.6. The van der Waals surface area contributed by atoms with Gasteiger partial charge < -0.3 is 4.74 Å². The summed E-state index contributed by atoms with van der Waals surface area (Å²) >= 11 is 0. The Kier molecular flexibility index (Phi) is 6.08. The molecular weight excluding hydrogens is 384 g/mol. The van der Waals surface area contributed by atoms with Crippen molar-refractivity contribution >= 4 is 5.78 Å². The summed E-state index contributed by atoms with van der Waals surface area (Å²) in [4.78, 5) is 19.7. The summed E-state index contributed by atoms with van der Waals surface area (Å²) in [6, 6.07) is 11.3. The van der Waals surface area contributed by atoms with E-state index in [1.807, 2.05) is 19.2 Å². The Bertz CT molecular complexity index is 921. The lowest BCUT2D eigenvalue weighted by atomic mass is 9.87. The molecule has 1 aromatic heterocycles. The number of carbonyl (C=O) groups is 1. The molecule has 3 atom stereocenters. The number of pyridine rings is 1. The molecule has 164 valence electrons. The van der Waals surface area contributed by atoms with Gasteiger partial charge in [-0.2, -0.15) is 0 Å². The third kappa shape index (κ3) is 4.69. The Hall–Kier alpha value is -2.20. The van der Waals surface area contributed by atoms with Gasteiger partial charge in [-0.1, -0.05) is 12.1 Å². The molecule has 3 unspecified atom stereocenters. The number of likely N-dealkylation sites (tertiary alicyclic amines) is 1. The lowest BCUT2D eigenvalue weighted by Crippen LogP contribution is -2.30. The van der Waals surface area contributed by atoms with Crippen LogP contribution in [0, 0.1) is 18.8 Å². The van der Waals surface area contributed by atoms with Gasteiger partial charge in [0.25, 0.3) is 0 Å². The lowest BCUT2D eigenvalue weighted by Gasteiger charge is -2.25. The molecule has 0 amide bonds. The van der Waals surface area contributed by atoms with Gasteiger partial charge in [-0.15, -0.1) is 0 Å². The summed E-state index contributed by atoms with van der Waals surface area (Å²) < 4.78 is 6.22. The van der Waals surface area contributed by atoms with Crippen LogP contribution < -0.4 is 4.74 Å². The van der Waals surface area contributed by atoms with E-state index < -0.39 is 0 Å². The Morgan fingerprint density at radius 3 is 2.81 bits per heavy atom. The van der Waals surface area contributed by atoms with Crippen LogP contribution in [0.1, 0.15) is 72.9 Å². The summed E-state index contributed by atoms with van der Waals surface area (Å²) in [6.45, 7) is 4.13. The smallest absolute Gasteiger partial charge is 0.164 e. The van der Waals surface area contributed by atoms with E-state index in [0.29, 0.717) is 30.4 Å². The van der Waals surface area contributed by atoms with Crippen molar-refractivity contribution in [2.45, 2.75) is 77.0 Å². The highest BCUT2D eigenvalue weighted by atomic mass is 16.5. The number of ketones is 1. The summed E-state index contributed by atoms with van der Waals surface area (Å²) in [5, 5.41) is 0. The maximum atomic E-state index is 12.8. The molecule has 2 aliphatic carbocycles. The van der Waals surface area contributed by atoms with E-state index in [1.54, 1.807) is 6.20 Å². The van der Waals surface area contributed by atoms with Gasteiger partial charge in [0.15, 0.2) is 5.78 Å². The molecule has 2 saturated carbocycles. The van der Waals surface area contributed by atoms with Crippen LogP contribution in [0.15, 0.2) is 42.7 Å². The molecule has 1 aliphatic heterocycles. The highest BCUT2D eigenvalue weighted by molar-refractivity contribution is 5.96. The second kappa shape index (κ2) is 9.12. The summed E-state index contributed by atoms with van der Waals surface area (Å²) in [7, 11) is 0. The first kappa shape index (κ1) is 20.7. The number of hydrogen-bond acceptors (Lipinski definition) is 4. The second-order valence-corrected chi connectivity index (χ2v) is 9.88. The van der Waals surface area contributed by atoms with Crippen molar-refractivity contribution in [3.8, 4) is 5.75 Å². The topological polar surface area (TPSA) is 42.4 Å². The number of aryl methyl sites for hydroxylation is 1. The van der Waals surface area contributed by atoms with Gasteiger partial charge in [0.05, 0.1) is 6.10 Å². The first-order chi connectivity index (χ1) is 15.2. The van der Waals surface area contributed by atoms with Crippen molar-refractivity contribution in [3.05, 3.63) is 59.4 Å². The molecule has 0 bridgehead atoms. The van der Waals surface area contributed by atoms with Gasteiger partial charge >= 0.3 is 0 Å². The van der Waals surface area contributed by atoms with Gasteiger partial charge in [-0.05, 0) is 99.6 Å². The van der Waals surface area contributed by atoms with Crippen molar-refractivity contribution in [2.75, 3.05) is 6.54 Å². The Balaban J connectivity index is 1.19. The fourth-order valence-electron chi connectivity index (χ4n) is 6.15. The largest absolute Gasteiger partial charge is 0.490 e. The third-order valence-electron chi connectivity index (χ3n) is 7.69. The van der Waals surface area contributed by atoms with Crippen LogP contribution in [0.25, 0.3) is 0 Å². The number of Topliss-reactive ketones (excluding diaryl/α,β-unsaturated/α-hetero) is 1. The van der Waals surface area contributed by atoms with Gasteiger partial charge in [0.2, 0.25) is 0 Å². The van der Waals surface area contributed by atoms with Crippen molar-refractivity contribution in [1.82, 2.24) is 9.88 Å². The highest BCUT2D eigenvalue weighted by Gasteiger charge is 2.43. The number of ether oxygens (including phenoxy) is 1. The van der Waals surface area contributed by atoms with E-state index in [1.165, 1.54) is 50.5 Å². The number of nitrogens with zero attached hydrogens (tertiary/aromatic N) is 2. The van der Waals surface area contributed by atoms with E-state index in [-0.39, 0.29) is 5.78 Å². The number of hydrogen-bond donors (Lipinski definition) is 0. The highest BCUT2D eigenvalue weighted by Crippen LogP contribution is 2.44. The molecule has 0 radical (unpaired) electrons. The predicted molar refractivity (Wildman–Crippen MR) is 122 cm³/mol. The Morgan fingerprint density at radius 1 is 1.10 bits per heavy atom. The van der Waals surface area contributed by atoms with Gasteiger partial charge in [-0.3, -0.25) is 14.7 Å². The Morgan fingerprint density at radius 2 is 1.97 bits per heavy atom. The maximum Gasteiger partial charge on any atom is 0.164 e. The maximum absolute atomic E-state index is 12.8. The standard InChI is InChI=1S/C27H34N2O2/c1-19-13-22(17-28-16-19)27(30)15-21-9-10-26-25(21)11-12-29(26)18-20-5-4-8-24(14-20)31-23-6-2-3-7-23/h4-5,8,13-14,16-17,21,23,25-26H,2-3,6-7,9-12,15,18H2,1H3. The van der Waals surface area contributed by atoms with Crippen LogP contribution >= 0.6 is 0 Å². The van der Waals surface area contributed by atoms with Crippen LogP contribution in [0.5, 0.6) is 5.75 Å². The molecule has 1 saturated heterocycles. The molecule has 4 nitrogen and oxygen atoms in total. The minimum absolute atomic E-state index is 0.261. The molecule has 1 aromatic carbocycles. The van der Waals surface area contributed by atoms with E-state index >= 15 is 0 Å². The van der Waals surface area contributed by atoms with E-state index in [9.17, 15) is 4.79 Å². The fraction of sp³-hybridized carbons (Fsp3) is 0.556. The monoisotopic (exact) mass is 418 g/mol. The molecule has 2 aromatic rings. The lowest BCUT2D eigenvalue weighted by molar-refractivity contribution is 0.0948. The Labute approximate surface area is 186 Å². The van der Waals surface area contributed by atoms with Crippen LogP contribution in [-0.2, 0) is 6.54 Å². The summed E-state index contributed by atoms with van der Waals surface area (Å²) in [5.41, 5.74) is 3.18. The number of fused-ring (bicyclic) bond motifs is 1. The zero-order chi connectivity index (χ0) is 21.2. The summed E-state index contributed by atoms with van der Waals surface area (Å²) in [6.07, 6.45) is 13.2. The minimum Gasteiger partial charge on any atom is -0.490 e. The molecule has 0 N–H and O–H groups in total. The molecule has 2 heterocycles. The van der Waals surface area contributed by atoms with Gasteiger partial charge in [0, 0.05) is 37.0 Å². The van der Waals surface area contributed by atoms with E-state index in [0.717, 1.165) is 30.0 Å². The van der Waals surface area contributed by atoms with Crippen LogP contribution in [0.3, 0.4) is 0 Å². The van der Waals surface area contributed by atoms with Crippen LogP contribution in [-0.4, -0.2) is 34.4 Å². The molecule has 5 rings (SSSR count). The quantitative estimate of drug-likeness (QED) is 0.550. The number of aromatic nitrogens is 1. The molecule has 3 aliphatic rings. The average molecular weight is 419 g/mol. The van der Waals surface area contributed by atoms with Crippen molar-refractivity contribution in [1.29, 1.82) is 0 Å². The molecule has 31 heavy (non-hydrogen) atoms. The molecule has 4 heteroatoms. The first-order valence-electron chi connectivity index (χ1n) is 12.1. The SMILES string of the molecule is Cc1cncc(C(=O)CC2CCC3C2CCN3Cc2cccc(OC3CCCC3)c2)c1. The molecule has 0 spiro atoms. The average Bonchev–Trinajstić information content (AvgIpc) is 3.49. The van der Waals surface area contributed by atoms with E-state index in [2.05, 4.69) is 34.1 Å². The van der Waals surface area contributed by atoms with Crippen LogP contribution in [0.2, 0.25) is 0 Å². The van der Waals surface area contributed by atoms with Crippen molar-refractivity contribution < 1.29 is 9.53 Å². The van der Waals surface area contributed by atoms with Crippen molar-refractivity contribution in [3.63, 3.8) is 0 Å². The normalized spacial score (nSPS) is 26.3. The number of benzene rings is 1. The molecule has 3 fully saturated rings. The molecular formula is C27H34N2O2. The van der Waals surface area contributed by atoms with Gasteiger partial charge in [-0.25, -0.2) is 0 Å². The third-order valence-corrected chi connectivity index (χ3v) is 7.69. The van der Waals surface area contributed by atoms with E-state index in [4.69, 9.17) is 4.74 Å². The van der Waals surface area contributed by atoms with Gasteiger partial charge in [0.1, 0.15) is 5.75 Å². The number of rotatable bonds is 7. The van der Waals surface area contributed by atoms with Crippen LogP contribution in [0.4, 0.5) is 0 Å². The second-order valence-electron chi connectivity index (χ2n) is 9.88.